The fourth-order valence-corrected chi connectivity index (χ4v) is 6.08. The Balaban J connectivity index is 0.00000201. The van der Waals surface area contributed by atoms with Gasteiger partial charge in [0.25, 0.3) is 0 Å². The standard InChI is InChI=1S/C35H56O4.2H3O4P/c1-22-15-28(26(32(9,10)11)17-24(22)30(3,4)5)35(39,34(19-36,20-37)21-38)29-16-23(2)25(31(6,7)8)18-27(29)33(12,13)14;2*1-5(2,3)4/h15-18,36-39H,19-21H2,1-14H3;2*(H3,1,2,3,4). The van der Waals surface area contributed by atoms with E-state index in [0.29, 0.717) is 11.1 Å². The summed E-state index contributed by atoms with van der Waals surface area (Å²) in [5, 5.41) is 45.9. The Morgan fingerprint density at radius 1 is 0.449 bits per heavy atom. The van der Waals surface area contributed by atoms with Gasteiger partial charge < -0.3 is 49.8 Å². The van der Waals surface area contributed by atoms with Crippen molar-refractivity contribution >= 4 is 15.6 Å². The third-order valence-corrected chi connectivity index (χ3v) is 8.42. The number of hydrogen-bond acceptors (Lipinski definition) is 6. The third-order valence-electron chi connectivity index (χ3n) is 8.42. The van der Waals surface area contributed by atoms with Gasteiger partial charge in [-0.25, -0.2) is 9.13 Å². The smallest absolute Gasteiger partial charge is 0.395 e. The SMILES string of the molecule is Cc1cc(C(O)(c2cc(C)c(C(C)(C)C)cc2C(C)(C)C)C(CO)(CO)CO)c(C(C)(C)C)cc1C(C)(C)C.O=P(O)(O)O.O=P(O)(O)O. The van der Waals surface area contributed by atoms with Crippen molar-refractivity contribution in [2.24, 2.45) is 5.41 Å². The summed E-state index contributed by atoms with van der Waals surface area (Å²) in [5.74, 6) is 0. The summed E-state index contributed by atoms with van der Waals surface area (Å²) in [4.78, 5) is 43.1. The van der Waals surface area contributed by atoms with E-state index in [1.54, 1.807) is 0 Å². The van der Waals surface area contributed by atoms with Crippen molar-refractivity contribution in [3.63, 3.8) is 0 Å². The van der Waals surface area contributed by atoms with Crippen LogP contribution in [0.5, 0.6) is 0 Å². The Hall–Kier alpha value is -1.50. The molecule has 0 spiro atoms. The Kier molecular flexibility index (Phi) is 15.5. The molecular formula is C35H62O12P2. The lowest BCUT2D eigenvalue weighted by atomic mass is 9.59. The van der Waals surface area contributed by atoms with Gasteiger partial charge in [-0.1, -0.05) is 107 Å². The highest BCUT2D eigenvalue weighted by molar-refractivity contribution is 7.45. The summed E-state index contributed by atoms with van der Waals surface area (Å²) in [6, 6.07) is 8.41. The highest BCUT2D eigenvalue weighted by atomic mass is 31.2. The normalized spacial score (nSPS) is 13.7. The van der Waals surface area contributed by atoms with E-state index in [2.05, 4.69) is 95.2 Å². The first-order valence-electron chi connectivity index (χ1n) is 15.9. The van der Waals surface area contributed by atoms with Crippen molar-refractivity contribution < 1.29 is 58.9 Å². The van der Waals surface area contributed by atoms with E-state index in [9.17, 15) is 20.4 Å². The minimum absolute atomic E-state index is 0.121. The second-order valence-corrected chi connectivity index (χ2v) is 19.0. The van der Waals surface area contributed by atoms with Gasteiger partial charge in [0.05, 0.1) is 25.2 Å². The molecule has 0 saturated heterocycles. The maximum Gasteiger partial charge on any atom is 0.466 e. The van der Waals surface area contributed by atoms with Crippen LogP contribution in [-0.4, -0.2) is 69.6 Å². The minimum Gasteiger partial charge on any atom is -0.395 e. The lowest BCUT2D eigenvalue weighted by molar-refractivity contribution is -0.137. The molecule has 49 heavy (non-hydrogen) atoms. The molecule has 0 radical (unpaired) electrons. The Labute approximate surface area is 292 Å². The minimum atomic E-state index is -4.64. The van der Waals surface area contributed by atoms with E-state index in [0.717, 1.165) is 22.3 Å². The first-order chi connectivity index (χ1) is 21.4. The molecule has 0 bridgehead atoms. The monoisotopic (exact) mass is 736 g/mol. The van der Waals surface area contributed by atoms with E-state index in [1.165, 1.54) is 11.1 Å². The quantitative estimate of drug-likeness (QED) is 0.180. The maximum atomic E-state index is 13.3. The molecule has 0 unspecified atom stereocenters. The van der Waals surface area contributed by atoms with Crippen molar-refractivity contribution in [1.82, 2.24) is 0 Å². The molecule has 0 aliphatic heterocycles. The first kappa shape index (κ1) is 47.5. The van der Waals surface area contributed by atoms with Gasteiger partial charge in [-0.15, -0.1) is 0 Å². The van der Waals surface area contributed by atoms with Crippen LogP contribution in [0.2, 0.25) is 0 Å². The van der Waals surface area contributed by atoms with Crippen LogP contribution in [0.4, 0.5) is 0 Å². The molecule has 0 aromatic heterocycles. The highest BCUT2D eigenvalue weighted by Crippen LogP contribution is 2.52. The predicted molar refractivity (Wildman–Crippen MR) is 192 cm³/mol. The van der Waals surface area contributed by atoms with E-state index >= 15 is 0 Å². The summed E-state index contributed by atoms with van der Waals surface area (Å²) in [7, 11) is -9.28. The summed E-state index contributed by atoms with van der Waals surface area (Å²) >= 11 is 0. The molecule has 2 aromatic rings. The van der Waals surface area contributed by atoms with Crippen molar-refractivity contribution in [2.75, 3.05) is 19.8 Å². The average Bonchev–Trinajstić information content (AvgIpc) is 2.84. The van der Waals surface area contributed by atoms with Gasteiger partial charge in [-0.3, -0.25) is 0 Å². The molecule has 0 amide bonds. The van der Waals surface area contributed by atoms with E-state index < -0.39 is 46.5 Å². The van der Waals surface area contributed by atoms with Crippen LogP contribution in [0.25, 0.3) is 0 Å². The van der Waals surface area contributed by atoms with Crippen molar-refractivity contribution in [3.8, 4) is 0 Å². The Bertz CT molecular complexity index is 1380. The molecule has 284 valence electrons. The molecule has 0 atom stereocenters. The fourth-order valence-electron chi connectivity index (χ4n) is 6.08. The van der Waals surface area contributed by atoms with E-state index in [-0.39, 0.29) is 21.7 Å². The van der Waals surface area contributed by atoms with Crippen LogP contribution < -0.4 is 0 Å². The molecule has 2 rings (SSSR count). The van der Waals surface area contributed by atoms with Gasteiger partial charge in [0.15, 0.2) is 0 Å². The Morgan fingerprint density at radius 2 is 0.653 bits per heavy atom. The van der Waals surface area contributed by atoms with Crippen LogP contribution in [-0.2, 0) is 36.4 Å². The molecule has 0 heterocycles. The molecule has 0 saturated carbocycles. The summed E-state index contributed by atoms with van der Waals surface area (Å²) in [6.07, 6.45) is 0. The van der Waals surface area contributed by atoms with Crippen LogP contribution in [0.1, 0.15) is 128 Å². The molecule has 10 N–H and O–H groups in total. The number of aliphatic hydroxyl groups is 4. The van der Waals surface area contributed by atoms with Gasteiger partial charge in [-0.2, -0.15) is 0 Å². The van der Waals surface area contributed by atoms with Crippen LogP contribution in [0.15, 0.2) is 24.3 Å². The van der Waals surface area contributed by atoms with Crippen molar-refractivity contribution in [1.29, 1.82) is 0 Å². The average molecular weight is 737 g/mol. The molecule has 12 nitrogen and oxygen atoms in total. The number of aliphatic hydroxyl groups excluding tert-OH is 3. The molecule has 0 fully saturated rings. The van der Waals surface area contributed by atoms with Gasteiger partial charge in [0.2, 0.25) is 0 Å². The number of phosphoric acid groups is 2. The fraction of sp³-hybridized carbons (Fsp3) is 0.657. The second kappa shape index (κ2) is 16.0. The summed E-state index contributed by atoms with van der Waals surface area (Å²) in [5.41, 5.74) is 2.97. The van der Waals surface area contributed by atoms with Crippen LogP contribution in [0, 0.1) is 19.3 Å². The third kappa shape index (κ3) is 12.9. The zero-order valence-corrected chi connectivity index (χ0v) is 33.4. The number of aryl methyl sites for hydroxylation is 2. The second-order valence-electron chi connectivity index (χ2n) is 16.9. The lowest BCUT2D eigenvalue weighted by Gasteiger charge is -2.49. The molecule has 14 heteroatoms. The largest absolute Gasteiger partial charge is 0.466 e. The van der Waals surface area contributed by atoms with Crippen LogP contribution in [0.3, 0.4) is 0 Å². The number of rotatable bonds is 6. The molecule has 2 aromatic carbocycles. The summed E-state index contributed by atoms with van der Waals surface area (Å²) in [6.45, 7) is 28.1. The van der Waals surface area contributed by atoms with E-state index in [1.807, 2.05) is 26.0 Å². The topological polar surface area (TPSA) is 236 Å². The maximum absolute atomic E-state index is 13.3. The van der Waals surface area contributed by atoms with Gasteiger partial charge in [-0.05, 0) is 80.0 Å². The molecular weight excluding hydrogens is 674 g/mol. The van der Waals surface area contributed by atoms with Crippen LogP contribution >= 0.6 is 15.6 Å². The van der Waals surface area contributed by atoms with Gasteiger partial charge in [0.1, 0.15) is 5.60 Å². The van der Waals surface area contributed by atoms with Gasteiger partial charge in [0, 0.05) is 0 Å². The molecule has 0 aliphatic rings. The van der Waals surface area contributed by atoms with Crippen molar-refractivity contribution in [2.45, 2.75) is 124 Å². The van der Waals surface area contributed by atoms with Crippen molar-refractivity contribution in [3.05, 3.63) is 68.8 Å². The number of hydrogen-bond donors (Lipinski definition) is 10. The van der Waals surface area contributed by atoms with E-state index in [4.69, 9.17) is 38.5 Å². The summed E-state index contributed by atoms with van der Waals surface area (Å²) < 4.78 is 17.8. The zero-order valence-electron chi connectivity index (χ0n) is 31.6. The predicted octanol–water partition coefficient (Wildman–Crippen LogP) is 4.84. The lowest BCUT2D eigenvalue weighted by Crippen LogP contribution is -2.55. The number of benzene rings is 2. The molecule has 0 aliphatic carbocycles. The first-order valence-corrected chi connectivity index (χ1v) is 19.0. The Morgan fingerprint density at radius 3 is 0.816 bits per heavy atom. The van der Waals surface area contributed by atoms with Gasteiger partial charge >= 0.3 is 15.6 Å². The highest BCUT2D eigenvalue weighted by Gasteiger charge is 2.55. The zero-order chi connectivity index (χ0) is 39.6.